The van der Waals surface area contributed by atoms with Crippen LogP contribution >= 0.6 is 0 Å². The summed E-state index contributed by atoms with van der Waals surface area (Å²) in [6.45, 7) is 6.43. The first-order valence-corrected chi connectivity index (χ1v) is 8.57. The third-order valence-electron chi connectivity index (χ3n) is 4.65. The van der Waals surface area contributed by atoms with Crippen LogP contribution in [0.15, 0.2) is 24.3 Å². The number of ether oxygens (including phenoxy) is 1. The Balaban J connectivity index is 1.46. The summed E-state index contributed by atoms with van der Waals surface area (Å²) in [5, 5.41) is 2.91. The van der Waals surface area contributed by atoms with Crippen molar-refractivity contribution in [1.82, 2.24) is 9.80 Å². The fourth-order valence-electron chi connectivity index (χ4n) is 3.26. The smallest absolute Gasteiger partial charge is 0.238 e. The maximum Gasteiger partial charge on any atom is 0.238 e. The van der Waals surface area contributed by atoms with E-state index >= 15 is 0 Å². The molecule has 6 nitrogen and oxygen atoms in total. The molecule has 0 aromatic heterocycles. The number of hydrogen-bond acceptors (Lipinski definition) is 4. The Hall–Kier alpha value is -1.92. The van der Waals surface area contributed by atoms with Gasteiger partial charge in [0.05, 0.1) is 25.7 Å². The van der Waals surface area contributed by atoms with E-state index in [4.69, 9.17) is 4.74 Å². The second-order valence-corrected chi connectivity index (χ2v) is 6.57. The highest BCUT2D eigenvalue weighted by molar-refractivity contribution is 5.92. The zero-order chi connectivity index (χ0) is 16.9. The van der Waals surface area contributed by atoms with Crippen molar-refractivity contribution in [2.45, 2.75) is 13.3 Å². The first-order valence-electron chi connectivity index (χ1n) is 8.57. The van der Waals surface area contributed by atoms with E-state index in [0.717, 1.165) is 24.2 Å². The van der Waals surface area contributed by atoms with Crippen molar-refractivity contribution in [1.29, 1.82) is 0 Å². The average molecular weight is 331 g/mol. The van der Waals surface area contributed by atoms with Crippen LogP contribution in [0.3, 0.4) is 0 Å². The summed E-state index contributed by atoms with van der Waals surface area (Å²) in [4.78, 5) is 28.6. The van der Waals surface area contributed by atoms with E-state index in [1.807, 2.05) is 36.1 Å². The van der Waals surface area contributed by atoms with Crippen LogP contribution in [0.4, 0.5) is 5.69 Å². The van der Waals surface area contributed by atoms with Crippen LogP contribution in [-0.4, -0.2) is 67.6 Å². The van der Waals surface area contributed by atoms with Gasteiger partial charge in [0.25, 0.3) is 0 Å². The number of carbonyl (C=O) groups excluding carboxylic acids is 2. The lowest BCUT2D eigenvalue weighted by Gasteiger charge is -2.29. The van der Waals surface area contributed by atoms with Gasteiger partial charge in [-0.25, -0.2) is 0 Å². The van der Waals surface area contributed by atoms with Crippen molar-refractivity contribution < 1.29 is 14.3 Å². The van der Waals surface area contributed by atoms with Crippen molar-refractivity contribution in [3.8, 4) is 0 Å². The molecule has 2 heterocycles. The SMILES string of the molecule is Cc1ccc(NC(=O)CN2CCC(C(=O)N3CCOCC3)C2)cc1. The number of carbonyl (C=O) groups is 2. The molecule has 0 bridgehead atoms. The molecule has 0 saturated carbocycles. The van der Waals surface area contributed by atoms with Gasteiger partial charge < -0.3 is 15.0 Å². The molecule has 1 aromatic carbocycles. The minimum Gasteiger partial charge on any atom is -0.378 e. The molecule has 6 heteroatoms. The minimum atomic E-state index is -0.0293. The van der Waals surface area contributed by atoms with E-state index in [9.17, 15) is 9.59 Å². The highest BCUT2D eigenvalue weighted by atomic mass is 16.5. The Morgan fingerprint density at radius 1 is 1.17 bits per heavy atom. The molecular formula is C18H25N3O3. The molecule has 2 saturated heterocycles. The van der Waals surface area contributed by atoms with Crippen LogP contribution in [-0.2, 0) is 14.3 Å². The number of amides is 2. The number of nitrogens with zero attached hydrogens (tertiary/aromatic N) is 2. The zero-order valence-electron chi connectivity index (χ0n) is 14.2. The van der Waals surface area contributed by atoms with E-state index in [1.165, 1.54) is 0 Å². The predicted octanol–water partition coefficient (Wildman–Crippen LogP) is 1.11. The first-order chi connectivity index (χ1) is 11.6. The van der Waals surface area contributed by atoms with Gasteiger partial charge >= 0.3 is 0 Å². The second-order valence-electron chi connectivity index (χ2n) is 6.57. The number of rotatable bonds is 4. The fraction of sp³-hybridized carbons (Fsp3) is 0.556. The quantitative estimate of drug-likeness (QED) is 0.898. The Bertz CT molecular complexity index is 582. The van der Waals surface area contributed by atoms with E-state index < -0.39 is 0 Å². The number of benzene rings is 1. The van der Waals surface area contributed by atoms with Gasteiger partial charge in [0.2, 0.25) is 11.8 Å². The van der Waals surface area contributed by atoms with Gasteiger partial charge in [0, 0.05) is 25.3 Å². The molecule has 1 atom stereocenters. The molecule has 0 spiro atoms. The maximum absolute atomic E-state index is 12.5. The molecule has 2 fully saturated rings. The van der Waals surface area contributed by atoms with Crippen LogP contribution < -0.4 is 5.32 Å². The number of anilines is 1. The molecule has 1 N–H and O–H groups in total. The molecule has 0 radical (unpaired) electrons. The lowest BCUT2D eigenvalue weighted by Crippen LogP contribution is -2.44. The largest absolute Gasteiger partial charge is 0.378 e. The lowest BCUT2D eigenvalue weighted by atomic mass is 10.1. The summed E-state index contributed by atoms with van der Waals surface area (Å²) >= 11 is 0. The summed E-state index contributed by atoms with van der Waals surface area (Å²) in [7, 11) is 0. The molecule has 130 valence electrons. The molecule has 0 aliphatic carbocycles. The van der Waals surface area contributed by atoms with Crippen molar-refractivity contribution in [2.75, 3.05) is 51.3 Å². The summed E-state index contributed by atoms with van der Waals surface area (Å²) in [6.07, 6.45) is 0.827. The van der Waals surface area contributed by atoms with Crippen molar-refractivity contribution in [3.63, 3.8) is 0 Å². The third kappa shape index (κ3) is 4.33. The Labute approximate surface area is 142 Å². The Morgan fingerprint density at radius 2 is 1.88 bits per heavy atom. The van der Waals surface area contributed by atoms with E-state index in [-0.39, 0.29) is 17.7 Å². The molecular weight excluding hydrogens is 306 g/mol. The minimum absolute atomic E-state index is 0.00951. The number of likely N-dealkylation sites (tertiary alicyclic amines) is 1. The molecule has 2 aliphatic rings. The summed E-state index contributed by atoms with van der Waals surface area (Å²) in [6, 6.07) is 7.76. The van der Waals surface area contributed by atoms with Crippen LogP contribution in [0.25, 0.3) is 0 Å². The van der Waals surface area contributed by atoms with Crippen LogP contribution in [0.1, 0.15) is 12.0 Å². The summed E-state index contributed by atoms with van der Waals surface area (Å²) < 4.78 is 5.29. The molecule has 2 aliphatic heterocycles. The maximum atomic E-state index is 12.5. The van der Waals surface area contributed by atoms with Crippen molar-refractivity contribution in [2.24, 2.45) is 5.92 Å². The van der Waals surface area contributed by atoms with E-state index in [2.05, 4.69) is 10.2 Å². The first kappa shape index (κ1) is 16.9. The van der Waals surface area contributed by atoms with Gasteiger partial charge in [-0.1, -0.05) is 17.7 Å². The molecule has 2 amide bonds. The second kappa shape index (κ2) is 7.77. The molecule has 24 heavy (non-hydrogen) atoms. The molecule has 3 rings (SSSR count). The van der Waals surface area contributed by atoms with Crippen molar-refractivity contribution in [3.05, 3.63) is 29.8 Å². The van der Waals surface area contributed by atoms with Gasteiger partial charge in [-0.05, 0) is 32.0 Å². The Morgan fingerprint density at radius 3 is 2.58 bits per heavy atom. The van der Waals surface area contributed by atoms with E-state index in [0.29, 0.717) is 39.4 Å². The zero-order valence-corrected chi connectivity index (χ0v) is 14.2. The van der Waals surface area contributed by atoms with Crippen LogP contribution in [0.2, 0.25) is 0 Å². The van der Waals surface area contributed by atoms with Gasteiger partial charge in [-0.3, -0.25) is 14.5 Å². The standard InChI is InChI=1S/C18H25N3O3/c1-14-2-4-16(5-3-14)19-17(22)13-20-7-6-15(12-20)18(23)21-8-10-24-11-9-21/h2-5,15H,6-13H2,1H3,(H,19,22). The topological polar surface area (TPSA) is 61.9 Å². The molecule has 1 unspecified atom stereocenters. The number of hydrogen-bond donors (Lipinski definition) is 1. The average Bonchev–Trinajstić information content (AvgIpc) is 3.05. The predicted molar refractivity (Wildman–Crippen MR) is 91.8 cm³/mol. The summed E-state index contributed by atoms with van der Waals surface area (Å²) in [5.41, 5.74) is 1.97. The van der Waals surface area contributed by atoms with E-state index in [1.54, 1.807) is 0 Å². The number of aryl methyl sites for hydroxylation is 1. The fourth-order valence-corrected chi connectivity index (χ4v) is 3.26. The van der Waals surface area contributed by atoms with Gasteiger partial charge in [0.15, 0.2) is 0 Å². The normalized spacial score (nSPS) is 21.7. The molecule has 1 aromatic rings. The van der Waals surface area contributed by atoms with Gasteiger partial charge in [-0.15, -0.1) is 0 Å². The lowest BCUT2D eigenvalue weighted by molar-refractivity contribution is -0.139. The number of nitrogens with one attached hydrogen (secondary N) is 1. The van der Waals surface area contributed by atoms with Gasteiger partial charge in [-0.2, -0.15) is 0 Å². The Kier molecular flexibility index (Phi) is 5.48. The number of morpholine rings is 1. The summed E-state index contributed by atoms with van der Waals surface area (Å²) in [5.74, 6) is 0.188. The van der Waals surface area contributed by atoms with Crippen LogP contribution in [0.5, 0.6) is 0 Å². The van der Waals surface area contributed by atoms with Crippen molar-refractivity contribution >= 4 is 17.5 Å². The highest BCUT2D eigenvalue weighted by Gasteiger charge is 2.32. The van der Waals surface area contributed by atoms with Crippen LogP contribution in [0, 0.1) is 12.8 Å². The monoisotopic (exact) mass is 331 g/mol. The van der Waals surface area contributed by atoms with Gasteiger partial charge in [0.1, 0.15) is 0 Å². The third-order valence-corrected chi connectivity index (χ3v) is 4.65. The highest BCUT2D eigenvalue weighted by Crippen LogP contribution is 2.19.